The van der Waals surface area contributed by atoms with Gasteiger partial charge >= 0.3 is 0 Å². The van der Waals surface area contributed by atoms with Crippen LogP contribution in [-0.4, -0.2) is 25.8 Å². The highest BCUT2D eigenvalue weighted by Gasteiger charge is 2.12. The lowest BCUT2D eigenvalue weighted by atomic mass is 10.1. The summed E-state index contributed by atoms with van der Waals surface area (Å²) in [7, 11) is 3.62. The summed E-state index contributed by atoms with van der Waals surface area (Å²) in [5, 5.41) is 8.93. The minimum Gasteiger partial charge on any atom is -0.394 e. The molecule has 4 heteroatoms. The molecule has 78 valence electrons. The van der Waals surface area contributed by atoms with Crippen molar-refractivity contribution in [2.24, 2.45) is 5.73 Å². The molecule has 0 saturated heterocycles. The first-order valence-corrected chi connectivity index (χ1v) is 4.39. The molecule has 0 unspecified atom stereocenters. The smallest absolute Gasteiger partial charge is 0.125 e. The van der Waals surface area contributed by atoms with Crippen molar-refractivity contribution in [2.45, 2.75) is 6.04 Å². The molecule has 1 aromatic rings. The Bertz CT molecular complexity index is 315. The van der Waals surface area contributed by atoms with Crippen LogP contribution in [0.5, 0.6) is 0 Å². The second-order valence-electron chi connectivity index (χ2n) is 3.39. The number of nitrogens with two attached hydrogens (primary N) is 1. The van der Waals surface area contributed by atoms with Crippen LogP contribution in [0.15, 0.2) is 18.2 Å². The summed E-state index contributed by atoms with van der Waals surface area (Å²) in [5.74, 6) is -0.303. The number of hydrogen-bond donors (Lipinski definition) is 2. The predicted octanol–water partition coefficient (Wildman–Crippen LogP) is 0.884. The van der Waals surface area contributed by atoms with Gasteiger partial charge in [-0.05, 0) is 17.7 Å². The summed E-state index contributed by atoms with van der Waals surface area (Å²) in [6.45, 7) is -0.146. The maximum Gasteiger partial charge on any atom is 0.125 e. The van der Waals surface area contributed by atoms with Gasteiger partial charge in [-0.2, -0.15) is 0 Å². The fourth-order valence-electron chi connectivity index (χ4n) is 1.32. The highest BCUT2D eigenvalue weighted by molar-refractivity contribution is 5.54. The van der Waals surface area contributed by atoms with Crippen LogP contribution in [0.25, 0.3) is 0 Å². The van der Waals surface area contributed by atoms with Crippen molar-refractivity contribution < 1.29 is 9.50 Å². The molecule has 0 saturated carbocycles. The lowest BCUT2D eigenvalue weighted by Crippen LogP contribution is -2.20. The second-order valence-corrected chi connectivity index (χ2v) is 3.39. The van der Waals surface area contributed by atoms with E-state index < -0.39 is 6.04 Å². The molecule has 3 N–H and O–H groups in total. The summed E-state index contributed by atoms with van der Waals surface area (Å²) in [5.41, 5.74) is 7.13. The van der Waals surface area contributed by atoms with E-state index in [2.05, 4.69) is 0 Å². The summed E-state index contributed by atoms with van der Waals surface area (Å²) in [4.78, 5) is 1.77. The SMILES string of the molecule is CN(C)c1cc(F)ccc1[C@@H](N)CO. The Morgan fingerprint density at radius 2 is 2.14 bits per heavy atom. The van der Waals surface area contributed by atoms with E-state index in [1.165, 1.54) is 12.1 Å². The molecule has 0 radical (unpaired) electrons. The van der Waals surface area contributed by atoms with E-state index in [-0.39, 0.29) is 12.4 Å². The second kappa shape index (κ2) is 4.39. The van der Waals surface area contributed by atoms with Crippen molar-refractivity contribution in [1.29, 1.82) is 0 Å². The maximum atomic E-state index is 12.9. The molecule has 0 aliphatic carbocycles. The Morgan fingerprint density at radius 1 is 1.50 bits per heavy atom. The zero-order valence-corrected chi connectivity index (χ0v) is 8.37. The van der Waals surface area contributed by atoms with Gasteiger partial charge in [0, 0.05) is 19.8 Å². The highest BCUT2D eigenvalue weighted by Crippen LogP contribution is 2.24. The third-order valence-electron chi connectivity index (χ3n) is 2.07. The van der Waals surface area contributed by atoms with E-state index in [1.807, 2.05) is 14.1 Å². The van der Waals surface area contributed by atoms with Crippen LogP contribution in [0.4, 0.5) is 10.1 Å². The van der Waals surface area contributed by atoms with Crippen molar-refractivity contribution in [3.05, 3.63) is 29.6 Å². The molecule has 0 aliphatic heterocycles. The minimum absolute atomic E-state index is 0.146. The van der Waals surface area contributed by atoms with E-state index in [9.17, 15) is 4.39 Å². The maximum absolute atomic E-state index is 12.9. The minimum atomic E-state index is -0.465. The van der Waals surface area contributed by atoms with Gasteiger partial charge in [-0.1, -0.05) is 6.07 Å². The molecular formula is C10H15FN2O. The molecule has 0 spiro atoms. The largest absolute Gasteiger partial charge is 0.394 e. The highest BCUT2D eigenvalue weighted by atomic mass is 19.1. The monoisotopic (exact) mass is 198 g/mol. The van der Waals surface area contributed by atoms with Crippen molar-refractivity contribution >= 4 is 5.69 Å². The molecular weight excluding hydrogens is 183 g/mol. The molecule has 0 amide bonds. The lowest BCUT2D eigenvalue weighted by molar-refractivity contribution is 0.268. The predicted molar refractivity (Wildman–Crippen MR) is 54.7 cm³/mol. The molecule has 0 bridgehead atoms. The summed E-state index contributed by atoms with van der Waals surface area (Å²) < 4.78 is 12.9. The number of benzene rings is 1. The molecule has 0 aromatic heterocycles. The number of hydrogen-bond acceptors (Lipinski definition) is 3. The first-order chi connectivity index (χ1) is 6.56. The molecule has 1 atom stereocenters. The molecule has 3 nitrogen and oxygen atoms in total. The first-order valence-electron chi connectivity index (χ1n) is 4.39. The average Bonchev–Trinajstić information content (AvgIpc) is 2.16. The number of rotatable bonds is 3. The number of aliphatic hydroxyl groups is 1. The number of aliphatic hydroxyl groups excluding tert-OH is 1. The van der Waals surface area contributed by atoms with Gasteiger partial charge in [0.1, 0.15) is 5.82 Å². The Hall–Kier alpha value is -1.13. The molecule has 1 rings (SSSR count). The van der Waals surface area contributed by atoms with Crippen LogP contribution < -0.4 is 10.6 Å². The van der Waals surface area contributed by atoms with Crippen LogP contribution in [0.1, 0.15) is 11.6 Å². The zero-order chi connectivity index (χ0) is 10.7. The van der Waals surface area contributed by atoms with E-state index in [0.717, 1.165) is 5.56 Å². The topological polar surface area (TPSA) is 49.5 Å². The van der Waals surface area contributed by atoms with Gasteiger partial charge in [0.05, 0.1) is 12.6 Å². The van der Waals surface area contributed by atoms with Gasteiger partial charge in [0.15, 0.2) is 0 Å². The van der Waals surface area contributed by atoms with Crippen molar-refractivity contribution in [3.63, 3.8) is 0 Å². The van der Waals surface area contributed by atoms with Gasteiger partial charge < -0.3 is 15.7 Å². The normalized spacial score (nSPS) is 12.6. The third kappa shape index (κ3) is 2.21. The van der Waals surface area contributed by atoms with E-state index in [4.69, 9.17) is 10.8 Å². The van der Waals surface area contributed by atoms with Crippen molar-refractivity contribution in [2.75, 3.05) is 25.6 Å². The van der Waals surface area contributed by atoms with Crippen molar-refractivity contribution in [1.82, 2.24) is 0 Å². The standard InChI is InChI=1S/C10H15FN2O/c1-13(2)10-5-7(11)3-4-8(10)9(12)6-14/h3-5,9,14H,6,12H2,1-2H3/t9-/m0/s1. The van der Waals surface area contributed by atoms with E-state index >= 15 is 0 Å². The van der Waals surface area contributed by atoms with E-state index in [1.54, 1.807) is 11.0 Å². The molecule has 0 aliphatic rings. The van der Waals surface area contributed by atoms with Gasteiger partial charge in [0.2, 0.25) is 0 Å². The fraction of sp³-hybridized carbons (Fsp3) is 0.400. The van der Waals surface area contributed by atoms with Gasteiger partial charge in [-0.25, -0.2) is 4.39 Å². The zero-order valence-electron chi connectivity index (χ0n) is 8.37. The van der Waals surface area contributed by atoms with Crippen molar-refractivity contribution in [3.8, 4) is 0 Å². The molecule has 0 heterocycles. The van der Waals surface area contributed by atoms with Gasteiger partial charge in [-0.15, -0.1) is 0 Å². The summed E-state index contributed by atoms with van der Waals surface area (Å²) in [6.07, 6.45) is 0. The average molecular weight is 198 g/mol. The number of halogens is 1. The Kier molecular flexibility index (Phi) is 3.43. The Morgan fingerprint density at radius 3 is 2.64 bits per heavy atom. The first kappa shape index (κ1) is 10.9. The van der Waals surface area contributed by atoms with Crippen LogP contribution in [0.3, 0.4) is 0 Å². The van der Waals surface area contributed by atoms with Crippen LogP contribution in [0, 0.1) is 5.82 Å². The van der Waals surface area contributed by atoms with Crippen LogP contribution in [-0.2, 0) is 0 Å². The Labute approximate surface area is 83.0 Å². The molecule has 14 heavy (non-hydrogen) atoms. The summed E-state index contributed by atoms with van der Waals surface area (Å²) >= 11 is 0. The van der Waals surface area contributed by atoms with Crippen LogP contribution >= 0.6 is 0 Å². The molecule has 1 aromatic carbocycles. The quantitative estimate of drug-likeness (QED) is 0.758. The van der Waals surface area contributed by atoms with E-state index in [0.29, 0.717) is 5.69 Å². The fourth-order valence-corrected chi connectivity index (χ4v) is 1.32. The van der Waals surface area contributed by atoms with Gasteiger partial charge in [0.25, 0.3) is 0 Å². The van der Waals surface area contributed by atoms with Crippen LogP contribution in [0.2, 0.25) is 0 Å². The molecule has 0 fully saturated rings. The third-order valence-corrected chi connectivity index (χ3v) is 2.07. The lowest BCUT2D eigenvalue weighted by Gasteiger charge is -2.20. The number of anilines is 1. The number of nitrogens with zero attached hydrogens (tertiary/aromatic N) is 1. The summed E-state index contributed by atoms with van der Waals surface area (Å²) in [6, 6.07) is 3.89. The Balaban J connectivity index is 3.14. The van der Waals surface area contributed by atoms with Gasteiger partial charge in [-0.3, -0.25) is 0 Å².